The average Bonchev–Trinajstić information content (AvgIpc) is 2.73. The number of halogens is 1. The average molecular weight is 417 g/mol. The summed E-state index contributed by atoms with van der Waals surface area (Å²) >= 11 is 5.88. The number of hydrogen-bond acceptors (Lipinski definition) is 5. The van der Waals surface area contributed by atoms with Crippen LogP contribution in [0.15, 0.2) is 30.5 Å². The predicted molar refractivity (Wildman–Crippen MR) is 111 cm³/mol. The summed E-state index contributed by atoms with van der Waals surface area (Å²) in [7, 11) is 1.58. The van der Waals surface area contributed by atoms with Gasteiger partial charge >= 0.3 is 0 Å². The van der Waals surface area contributed by atoms with Crippen molar-refractivity contribution in [2.24, 2.45) is 0 Å². The molecule has 0 saturated carbocycles. The fourth-order valence-electron chi connectivity index (χ4n) is 3.43. The lowest BCUT2D eigenvalue weighted by molar-refractivity contribution is -0.136. The summed E-state index contributed by atoms with van der Waals surface area (Å²) in [5, 5.41) is 3.42. The zero-order chi connectivity index (χ0) is 20.8. The van der Waals surface area contributed by atoms with E-state index in [4.69, 9.17) is 16.3 Å². The molecule has 1 aliphatic rings. The number of amides is 2. The molecule has 29 heavy (non-hydrogen) atoms. The number of nitrogens with zero attached hydrogens (tertiary/aromatic N) is 3. The van der Waals surface area contributed by atoms with Crippen molar-refractivity contribution in [3.63, 3.8) is 0 Å². The number of aromatic nitrogens is 2. The highest BCUT2D eigenvalue weighted by molar-refractivity contribution is 6.30. The molecule has 1 fully saturated rings. The lowest BCUT2D eigenvalue weighted by atomic mass is 10.0. The van der Waals surface area contributed by atoms with E-state index in [0.717, 1.165) is 19.3 Å². The molecule has 7 nitrogen and oxygen atoms in total. The highest BCUT2D eigenvalue weighted by atomic mass is 35.5. The largest absolute Gasteiger partial charge is 0.384 e. The van der Waals surface area contributed by atoms with Gasteiger partial charge in [-0.25, -0.2) is 9.97 Å². The minimum atomic E-state index is -0.284. The molecule has 2 aromatic rings. The van der Waals surface area contributed by atoms with Crippen LogP contribution in [0.1, 0.15) is 53.6 Å². The molecule has 8 heteroatoms. The third kappa shape index (κ3) is 5.31. The van der Waals surface area contributed by atoms with Gasteiger partial charge in [-0.15, -0.1) is 0 Å². The number of hydrogen-bond donors (Lipinski definition) is 1. The lowest BCUT2D eigenvalue weighted by Gasteiger charge is -2.35. The third-order valence-corrected chi connectivity index (χ3v) is 5.24. The summed E-state index contributed by atoms with van der Waals surface area (Å²) in [6.45, 7) is 2.86. The second-order valence-electron chi connectivity index (χ2n) is 7.03. The second-order valence-corrected chi connectivity index (χ2v) is 7.47. The van der Waals surface area contributed by atoms with E-state index in [1.807, 2.05) is 4.90 Å². The van der Waals surface area contributed by atoms with Crippen molar-refractivity contribution < 1.29 is 14.3 Å². The smallest absolute Gasteiger partial charge is 0.259 e. The van der Waals surface area contributed by atoms with Crippen molar-refractivity contribution in [3.05, 3.63) is 52.6 Å². The maximum absolute atomic E-state index is 12.6. The van der Waals surface area contributed by atoms with E-state index in [1.165, 1.54) is 6.20 Å². The van der Waals surface area contributed by atoms with Crippen LogP contribution < -0.4 is 5.32 Å². The van der Waals surface area contributed by atoms with Gasteiger partial charge in [-0.05, 0) is 50.5 Å². The van der Waals surface area contributed by atoms with Gasteiger partial charge in [0.1, 0.15) is 0 Å². The molecule has 2 amide bonds. The number of nitrogens with one attached hydrogen (secondary N) is 1. The number of likely N-dealkylation sites (tertiary alicyclic amines) is 1. The van der Waals surface area contributed by atoms with Crippen LogP contribution in [0.4, 0.5) is 5.69 Å². The molecule has 0 radical (unpaired) electrons. The molecule has 0 spiro atoms. The van der Waals surface area contributed by atoms with Crippen molar-refractivity contribution in [1.29, 1.82) is 0 Å². The maximum atomic E-state index is 12.6. The Balaban J connectivity index is 1.75. The predicted octanol–water partition coefficient (Wildman–Crippen LogP) is 3.78. The van der Waals surface area contributed by atoms with Gasteiger partial charge in [0.05, 0.1) is 30.3 Å². The molecule has 1 atom stereocenters. The van der Waals surface area contributed by atoms with Gasteiger partial charge in [-0.1, -0.05) is 11.6 Å². The first kappa shape index (κ1) is 21.2. The first-order chi connectivity index (χ1) is 14.0. The van der Waals surface area contributed by atoms with Crippen LogP contribution in [0.25, 0.3) is 0 Å². The van der Waals surface area contributed by atoms with Crippen molar-refractivity contribution in [2.75, 3.05) is 25.6 Å². The van der Waals surface area contributed by atoms with Gasteiger partial charge in [-0.2, -0.15) is 0 Å². The van der Waals surface area contributed by atoms with Crippen LogP contribution in [0.2, 0.25) is 5.02 Å². The van der Waals surface area contributed by atoms with Gasteiger partial charge in [0, 0.05) is 30.6 Å². The van der Waals surface area contributed by atoms with E-state index in [1.54, 1.807) is 38.3 Å². The number of rotatable bonds is 6. The number of methoxy groups -OCH3 is 1. The summed E-state index contributed by atoms with van der Waals surface area (Å²) in [6.07, 6.45) is 4.67. The van der Waals surface area contributed by atoms with Crippen molar-refractivity contribution in [2.45, 2.75) is 38.6 Å². The number of ether oxygens (including phenoxy) is 1. The number of aryl methyl sites for hydroxylation is 1. The molecule has 1 aromatic carbocycles. The lowest BCUT2D eigenvalue weighted by Crippen LogP contribution is -2.39. The highest BCUT2D eigenvalue weighted by Crippen LogP contribution is 2.29. The molecule has 3 rings (SSSR count). The number of benzene rings is 1. The van der Waals surface area contributed by atoms with Crippen LogP contribution >= 0.6 is 11.6 Å². The van der Waals surface area contributed by atoms with E-state index >= 15 is 0 Å². The number of carbonyl (C=O) groups excluding carboxylic acids is 2. The normalized spacial score (nSPS) is 16.5. The quantitative estimate of drug-likeness (QED) is 0.774. The molecule has 1 aliphatic heterocycles. The van der Waals surface area contributed by atoms with Crippen LogP contribution in [0.3, 0.4) is 0 Å². The Hall–Kier alpha value is -2.51. The van der Waals surface area contributed by atoms with Gasteiger partial charge in [0.25, 0.3) is 5.91 Å². The minimum Gasteiger partial charge on any atom is -0.384 e. The Kier molecular flexibility index (Phi) is 7.17. The molecule has 0 bridgehead atoms. The number of anilines is 1. The van der Waals surface area contributed by atoms with Gasteiger partial charge in [-0.3, -0.25) is 9.59 Å². The van der Waals surface area contributed by atoms with Gasteiger partial charge in [0.2, 0.25) is 5.91 Å². The van der Waals surface area contributed by atoms with E-state index in [9.17, 15) is 9.59 Å². The third-order valence-electron chi connectivity index (χ3n) is 4.99. The molecule has 1 aromatic heterocycles. The van der Waals surface area contributed by atoms with Gasteiger partial charge < -0.3 is 15.0 Å². The molecular formula is C21H25ClN4O3. The monoisotopic (exact) mass is 416 g/mol. The van der Waals surface area contributed by atoms with Crippen molar-refractivity contribution in [1.82, 2.24) is 14.9 Å². The zero-order valence-electron chi connectivity index (χ0n) is 16.7. The van der Waals surface area contributed by atoms with Crippen LogP contribution in [0, 0.1) is 6.92 Å². The highest BCUT2D eigenvalue weighted by Gasteiger charge is 2.30. The standard InChI is InChI=1S/C21H25ClN4O3/c1-14-17(21(28)25-16-8-6-15(22)7-9-16)13-23-20(24-14)18-5-3-4-11-26(18)19(27)10-12-29-2/h6-9,13,18H,3-5,10-12H2,1-2H3,(H,25,28)/t18-/m1/s1. The van der Waals surface area contributed by atoms with Crippen molar-refractivity contribution >= 4 is 29.1 Å². The van der Waals surface area contributed by atoms with E-state index in [0.29, 0.717) is 47.4 Å². The van der Waals surface area contributed by atoms with E-state index < -0.39 is 0 Å². The Morgan fingerprint density at radius 3 is 2.72 bits per heavy atom. The van der Waals surface area contributed by atoms with Crippen LogP contribution in [-0.4, -0.2) is 46.9 Å². The van der Waals surface area contributed by atoms with Gasteiger partial charge in [0.15, 0.2) is 5.82 Å². The van der Waals surface area contributed by atoms with E-state index in [-0.39, 0.29) is 17.9 Å². The molecule has 0 unspecified atom stereocenters. The Labute approximate surface area is 175 Å². The molecule has 1 saturated heterocycles. The molecule has 1 N–H and O–H groups in total. The van der Waals surface area contributed by atoms with Crippen LogP contribution in [0.5, 0.6) is 0 Å². The molecule has 0 aliphatic carbocycles. The summed E-state index contributed by atoms with van der Waals surface area (Å²) in [4.78, 5) is 36.0. The summed E-state index contributed by atoms with van der Waals surface area (Å²) in [5.41, 5.74) is 1.62. The fraction of sp³-hybridized carbons (Fsp3) is 0.429. The molecule has 154 valence electrons. The topological polar surface area (TPSA) is 84.4 Å². The SMILES string of the molecule is COCCC(=O)N1CCCC[C@@H]1c1ncc(C(=O)Nc2ccc(Cl)cc2)c(C)n1. The maximum Gasteiger partial charge on any atom is 0.259 e. The Morgan fingerprint density at radius 1 is 1.28 bits per heavy atom. The minimum absolute atomic E-state index is 0.0439. The zero-order valence-corrected chi connectivity index (χ0v) is 17.4. The fourth-order valence-corrected chi connectivity index (χ4v) is 3.56. The Morgan fingerprint density at radius 2 is 2.03 bits per heavy atom. The number of piperidine rings is 1. The molecule has 2 heterocycles. The first-order valence-electron chi connectivity index (χ1n) is 9.68. The summed E-state index contributed by atoms with van der Waals surface area (Å²) < 4.78 is 5.03. The molecular weight excluding hydrogens is 392 g/mol. The first-order valence-corrected chi connectivity index (χ1v) is 10.1. The summed E-state index contributed by atoms with van der Waals surface area (Å²) in [6, 6.07) is 6.72. The van der Waals surface area contributed by atoms with E-state index in [2.05, 4.69) is 15.3 Å². The Bertz CT molecular complexity index is 873. The summed E-state index contributed by atoms with van der Waals surface area (Å²) in [5.74, 6) is 0.339. The second kappa shape index (κ2) is 9.80. The number of carbonyl (C=O) groups is 2. The van der Waals surface area contributed by atoms with Crippen LogP contribution in [-0.2, 0) is 9.53 Å². The van der Waals surface area contributed by atoms with Crippen molar-refractivity contribution in [3.8, 4) is 0 Å².